The fraction of sp³-hybridized carbons (Fsp3) is 0.294. The second kappa shape index (κ2) is 7.58. The minimum absolute atomic E-state index is 0.0730. The van der Waals surface area contributed by atoms with E-state index in [0.29, 0.717) is 0 Å². The molecule has 0 bridgehead atoms. The Morgan fingerprint density at radius 1 is 1.05 bits per heavy atom. The maximum absolute atomic E-state index is 6.28. The normalized spacial score (nSPS) is 12.6. The molecule has 3 heteroatoms. The van der Waals surface area contributed by atoms with Crippen LogP contribution in [-0.2, 0) is 6.54 Å². The SMILES string of the molecule is CN(CCC(N)c1ccccc1Br)Cc1ccccc1. The van der Waals surface area contributed by atoms with Crippen LogP contribution in [0.2, 0.25) is 0 Å². The van der Waals surface area contributed by atoms with Crippen molar-refractivity contribution in [2.24, 2.45) is 5.73 Å². The number of halogens is 1. The Balaban J connectivity index is 1.84. The summed E-state index contributed by atoms with van der Waals surface area (Å²) in [6.07, 6.45) is 0.950. The predicted octanol–water partition coefficient (Wildman–Crippen LogP) is 3.97. The Labute approximate surface area is 129 Å². The number of nitrogens with two attached hydrogens (primary N) is 1. The lowest BCUT2D eigenvalue weighted by molar-refractivity contribution is 0.311. The van der Waals surface area contributed by atoms with Gasteiger partial charge in [0.2, 0.25) is 0 Å². The first kappa shape index (κ1) is 15.2. The molecule has 2 N–H and O–H groups in total. The molecular formula is C17H21BrN2. The van der Waals surface area contributed by atoms with E-state index in [-0.39, 0.29) is 6.04 Å². The molecule has 20 heavy (non-hydrogen) atoms. The third kappa shape index (κ3) is 4.44. The zero-order chi connectivity index (χ0) is 14.4. The summed E-state index contributed by atoms with van der Waals surface area (Å²) < 4.78 is 1.10. The van der Waals surface area contributed by atoms with E-state index in [2.05, 4.69) is 58.2 Å². The summed E-state index contributed by atoms with van der Waals surface area (Å²) in [5.74, 6) is 0. The van der Waals surface area contributed by atoms with Crippen LogP contribution in [0.4, 0.5) is 0 Å². The molecular weight excluding hydrogens is 312 g/mol. The molecule has 2 aromatic rings. The molecule has 0 aromatic heterocycles. The fourth-order valence-corrected chi connectivity index (χ4v) is 2.84. The van der Waals surface area contributed by atoms with E-state index in [1.54, 1.807) is 0 Å². The van der Waals surface area contributed by atoms with Crippen LogP contribution in [0.25, 0.3) is 0 Å². The molecule has 0 radical (unpaired) electrons. The molecule has 0 heterocycles. The summed E-state index contributed by atoms with van der Waals surface area (Å²) in [6.45, 7) is 1.95. The molecule has 0 fully saturated rings. The highest BCUT2D eigenvalue weighted by atomic mass is 79.9. The standard InChI is InChI=1S/C17H21BrN2/c1-20(13-14-7-3-2-4-8-14)12-11-17(19)15-9-5-6-10-16(15)18/h2-10,17H,11-13,19H2,1H3. The Morgan fingerprint density at radius 3 is 2.40 bits per heavy atom. The largest absolute Gasteiger partial charge is 0.324 e. The number of hydrogen-bond donors (Lipinski definition) is 1. The average molecular weight is 333 g/mol. The number of hydrogen-bond acceptors (Lipinski definition) is 2. The van der Waals surface area contributed by atoms with Crippen molar-refractivity contribution in [2.45, 2.75) is 19.0 Å². The van der Waals surface area contributed by atoms with Gasteiger partial charge in [-0.25, -0.2) is 0 Å². The molecule has 0 aliphatic carbocycles. The van der Waals surface area contributed by atoms with Crippen molar-refractivity contribution in [3.8, 4) is 0 Å². The van der Waals surface area contributed by atoms with Crippen molar-refractivity contribution < 1.29 is 0 Å². The second-order valence-corrected chi connectivity index (χ2v) is 5.99. The summed E-state index contributed by atoms with van der Waals surface area (Å²) in [4.78, 5) is 2.31. The van der Waals surface area contributed by atoms with E-state index < -0.39 is 0 Å². The van der Waals surface area contributed by atoms with Gasteiger partial charge in [0.1, 0.15) is 0 Å². The highest BCUT2D eigenvalue weighted by Gasteiger charge is 2.10. The van der Waals surface area contributed by atoms with Crippen LogP contribution in [0.15, 0.2) is 59.1 Å². The Morgan fingerprint density at radius 2 is 1.70 bits per heavy atom. The topological polar surface area (TPSA) is 29.3 Å². The van der Waals surface area contributed by atoms with Gasteiger partial charge >= 0.3 is 0 Å². The van der Waals surface area contributed by atoms with E-state index in [0.717, 1.165) is 24.0 Å². The lowest BCUT2D eigenvalue weighted by Gasteiger charge is -2.20. The average Bonchev–Trinajstić information content (AvgIpc) is 2.46. The molecule has 0 spiro atoms. The van der Waals surface area contributed by atoms with Gasteiger partial charge in [0.05, 0.1) is 0 Å². The van der Waals surface area contributed by atoms with Gasteiger partial charge in [0.25, 0.3) is 0 Å². The third-order valence-electron chi connectivity index (χ3n) is 3.42. The Kier molecular flexibility index (Phi) is 5.77. The molecule has 0 aliphatic heterocycles. The summed E-state index contributed by atoms with van der Waals surface area (Å²) in [5.41, 5.74) is 8.80. The Bertz CT molecular complexity index is 528. The molecule has 1 atom stereocenters. The van der Waals surface area contributed by atoms with Crippen molar-refractivity contribution >= 4 is 15.9 Å². The van der Waals surface area contributed by atoms with Crippen molar-refractivity contribution in [3.05, 3.63) is 70.2 Å². The van der Waals surface area contributed by atoms with Crippen molar-refractivity contribution in [1.82, 2.24) is 4.90 Å². The predicted molar refractivity (Wildman–Crippen MR) is 88.5 cm³/mol. The zero-order valence-corrected chi connectivity index (χ0v) is 13.4. The number of rotatable bonds is 6. The highest BCUT2D eigenvalue weighted by Crippen LogP contribution is 2.23. The van der Waals surface area contributed by atoms with Crippen LogP contribution in [0.3, 0.4) is 0 Å². The first-order valence-corrected chi connectivity index (χ1v) is 7.68. The lowest BCUT2D eigenvalue weighted by Crippen LogP contribution is -2.23. The molecule has 0 aliphatic rings. The molecule has 0 saturated heterocycles. The molecule has 106 valence electrons. The van der Waals surface area contributed by atoms with Gasteiger partial charge in [0, 0.05) is 17.1 Å². The van der Waals surface area contributed by atoms with Gasteiger partial charge in [-0.15, -0.1) is 0 Å². The van der Waals surface area contributed by atoms with Crippen LogP contribution in [0.1, 0.15) is 23.6 Å². The molecule has 2 rings (SSSR count). The van der Waals surface area contributed by atoms with Gasteiger partial charge < -0.3 is 10.6 Å². The fourth-order valence-electron chi connectivity index (χ4n) is 2.26. The molecule has 2 nitrogen and oxygen atoms in total. The lowest BCUT2D eigenvalue weighted by atomic mass is 10.0. The van der Waals surface area contributed by atoms with Gasteiger partial charge in [-0.2, -0.15) is 0 Å². The summed E-state index contributed by atoms with van der Waals surface area (Å²) in [5, 5.41) is 0. The summed E-state index contributed by atoms with van der Waals surface area (Å²) in [6, 6.07) is 18.8. The highest BCUT2D eigenvalue weighted by molar-refractivity contribution is 9.10. The minimum Gasteiger partial charge on any atom is -0.324 e. The van der Waals surface area contributed by atoms with Crippen LogP contribution < -0.4 is 5.73 Å². The van der Waals surface area contributed by atoms with Crippen LogP contribution in [0.5, 0.6) is 0 Å². The van der Waals surface area contributed by atoms with E-state index in [9.17, 15) is 0 Å². The maximum Gasteiger partial charge on any atom is 0.0318 e. The third-order valence-corrected chi connectivity index (χ3v) is 4.14. The smallest absolute Gasteiger partial charge is 0.0318 e. The van der Waals surface area contributed by atoms with Crippen molar-refractivity contribution in [2.75, 3.05) is 13.6 Å². The molecule has 1 unspecified atom stereocenters. The summed E-state index contributed by atoms with van der Waals surface area (Å²) >= 11 is 3.56. The molecule has 0 saturated carbocycles. The van der Waals surface area contributed by atoms with Gasteiger partial charge in [0.15, 0.2) is 0 Å². The van der Waals surface area contributed by atoms with E-state index in [1.165, 1.54) is 11.1 Å². The van der Waals surface area contributed by atoms with Crippen LogP contribution in [-0.4, -0.2) is 18.5 Å². The van der Waals surface area contributed by atoms with E-state index in [4.69, 9.17) is 5.73 Å². The van der Waals surface area contributed by atoms with Crippen molar-refractivity contribution in [1.29, 1.82) is 0 Å². The molecule has 2 aromatic carbocycles. The first-order valence-electron chi connectivity index (χ1n) is 6.89. The monoisotopic (exact) mass is 332 g/mol. The van der Waals surface area contributed by atoms with Crippen LogP contribution in [0, 0.1) is 0 Å². The number of benzene rings is 2. The van der Waals surface area contributed by atoms with Gasteiger partial charge in [-0.05, 0) is 37.2 Å². The van der Waals surface area contributed by atoms with Gasteiger partial charge in [-0.1, -0.05) is 64.5 Å². The van der Waals surface area contributed by atoms with E-state index >= 15 is 0 Å². The van der Waals surface area contributed by atoms with Crippen LogP contribution >= 0.6 is 15.9 Å². The van der Waals surface area contributed by atoms with Crippen molar-refractivity contribution in [3.63, 3.8) is 0 Å². The second-order valence-electron chi connectivity index (χ2n) is 5.14. The summed E-state index contributed by atoms with van der Waals surface area (Å²) in [7, 11) is 2.14. The maximum atomic E-state index is 6.28. The van der Waals surface area contributed by atoms with E-state index in [1.807, 2.05) is 24.3 Å². The Hall–Kier alpha value is -1.16. The quantitative estimate of drug-likeness (QED) is 0.867. The zero-order valence-electron chi connectivity index (χ0n) is 11.8. The first-order chi connectivity index (χ1) is 9.66. The number of nitrogens with zero attached hydrogens (tertiary/aromatic N) is 1. The minimum atomic E-state index is 0.0730. The van der Waals surface area contributed by atoms with Gasteiger partial charge in [-0.3, -0.25) is 0 Å². The molecule has 0 amide bonds.